The van der Waals surface area contributed by atoms with Gasteiger partial charge in [0.15, 0.2) is 0 Å². The first-order valence-corrected chi connectivity index (χ1v) is 7.75. The van der Waals surface area contributed by atoms with Crippen LogP contribution in [-0.4, -0.2) is 47.6 Å². The van der Waals surface area contributed by atoms with Crippen LogP contribution >= 0.6 is 0 Å². The van der Waals surface area contributed by atoms with Crippen LogP contribution in [0.3, 0.4) is 0 Å². The second-order valence-corrected chi connectivity index (χ2v) is 6.06. The van der Waals surface area contributed by atoms with E-state index in [0.29, 0.717) is 24.5 Å². The van der Waals surface area contributed by atoms with Gasteiger partial charge in [-0.3, -0.25) is 9.59 Å². The predicted molar refractivity (Wildman–Crippen MR) is 84.6 cm³/mol. The molecular formula is C17H21N3O2. The monoisotopic (exact) mass is 299 g/mol. The molecule has 2 heterocycles. The van der Waals surface area contributed by atoms with Crippen LogP contribution in [0.4, 0.5) is 0 Å². The molecule has 116 valence electrons. The van der Waals surface area contributed by atoms with E-state index in [1.807, 2.05) is 11.0 Å². The molecule has 0 N–H and O–H groups in total. The van der Waals surface area contributed by atoms with Gasteiger partial charge in [0.25, 0.3) is 5.91 Å². The maximum absolute atomic E-state index is 12.6. The molecule has 5 heteroatoms. The van der Waals surface area contributed by atoms with Crippen molar-refractivity contribution in [3.05, 3.63) is 35.4 Å². The molecule has 0 bridgehead atoms. The summed E-state index contributed by atoms with van der Waals surface area (Å²) in [5, 5.41) is 5.42. The van der Waals surface area contributed by atoms with Crippen LogP contribution in [-0.2, 0) is 9.59 Å². The number of carbonyl (C=O) groups excluding carboxylic acids is 2. The first-order valence-electron chi connectivity index (χ1n) is 7.75. The van der Waals surface area contributed by atoms with E-state index < -0.39 is 0 Å². The van der Waals surface area contributed by atoms with Crippen LogP contribution < -0.4 is 0 Å². The van der Waals surface area contributed by atoms with Crippen LogP contribution in [0.15, 0.2) is 29.4 Å². The smallest absolute Gasteiger partial charge is 0.270 e. The van der Waals surface area contributed by atoms with E-state index in [4.69, 9.17) is 0 Å². The molecule has 0 radical (unpaired) electrons. The molecule has 0 aliphatic carbocycles. The first-order chi connectivity index (χ1) is 10.6. The molecule has 22 heavy (non-hydrogen) atoms. The largest absolute Gasteiger partial charge is 0.337 e. The van der Waals surface area contributed by atoms with Gasteiger partial charge in [-0.2, -0.15) is 5.10 Å². The molecule has 2 amide bonds. The summed E-state index contributed by atoms with van der Waals surface area (Å²) in [4.78, 5) is 25.9. The normalized spacial score (nSPS) is 22.0. The Bertz CT molecular complexity index is 639. The quantitative estimate of drug-likeness (QED) is 0.838. The molecule has 1 aromatic carbocycles. The zero-order valence-corrected chi connectivity index (χ0v) is 13.1. The third-order valence-electron chi connectivity index (χ3n) is 4.56. The third-order valence-corrected chi connectivity index (χ3v) is 4.56. The van der Waals surface area contributed by atoms with Crippen molar-refractivity contribution >= 4 is 17.5 Å². The molecule has 0 saturated carbocycles. The van der Waals surface area contributed by atoms with Gasteiger partial charge in [-0.1, -0.05) is 24.3 Å². The van der Waals surface area contributed by atoms with Crippen molar-refractivity contribution in [2.75, 3.05) is 20.1 Å². The molecule has 0 aromatic heterocycles. The topological polar surface area (TPSA) is 53.0 Å². The molecule has 0 unspecified atom stereocenters. The Balaban J connectivity index is 1.70. The Morgan fingerprint density at radius 3 is 2.77 bits per heavy atom. The van der Waals surface area contributed by atoms with Crippen LogP contribution in [0.25, 0.3) is 0 Å². The number of hydrogen-bond donors (Lipinski definition) is 0. The summed E-state index contributed by atoms with van der Waals surface area (Å²) in [5.41, 5.74) is 3.12. The van der Waals surface area contributed by atoms with Crippen molar-refractivity contribution < 1.29 is 9.59 Å². The number of hydrogen-bond acceptors (Lipinski definition) is 3. The van der Waals surface area contributed by atoms with E-state index >= 15 is 0 Å². The van der Waals surface area contributed by atoms with Crippen LogP contribution in [0, 0.1) is 6.92 Å². The number of carbonyl (C=O) groups is 2. The number of benzene rings is 1. The lowest BCUT2D eigenvalue weighted by Crippen LogP contribution is -2.39. The fourth-order valence-electron chi connectivity index (χ4n) is 3.25. The van der Waals surface area contributed by atoms with Gasteiger partial charge >= 0.3 is 0 Å². The van der Waals surface area contributed by atoms with Crippen molar-refractivity contribution in [2.24, 2.45) is 5.10 Å². The second-order valence-electron chi connectivity index (χ2n) is 6.06. The number of likely N-dealkylation sites (tertiary alicyclic amines) is 1. The van der Waals surface area contributed by atoms with E-state index in [0.717, 1.165) is 19.5 Å². The van der Waals surface area contributed by atoms with Crippen molar-refractivity contribution in [1.82, 2.24) is 9.91 Å². The minimum absolute atomic E-state index is 0.0181. The van der Waals surface area contributed by atoms with Gasteiger partial charge in [0, 0.05) is 38.9 Å². The van der Waals surface area contributed by atoms with Crippen molar-refractivity contribution in [3.8, 4) is 0 Å². The van der Waals surface area contributed by atoms with E-state index in [9.17, 15) is 9.59 Å². The maximum Gasteiger partial charge on any atom is 0.270 e. The Hall–Kier alpha value is -2.17. The van der Waals surface area contributed by atoms with Crippen molar-refractivity contribution in [3.63, 3.8) is 0 Å². The number of rotatable bonds is 2. The lowest BCUT2D eigenvalue weighted by atomic mass is 9.94. The molecule has 5 nitrogen and oxygen atoms in total. The van der Waals surface area contributed by atoms with Gasteiger partial charge < -0.3 is 4.90 Å². The molecule has 0 spiro atoms. The first kappa shape index (κ1) is 14.8. The Morgan fingerprint density at radius 1 is 1.27 bits per heavy atom. The molecule has 1 saturated heterocycles. The maximum atomic E-state index is 12.6. The van der Waals surface area contributed by atoms with Crippen molar-refractivity contribution in [1.29, 1.82) is 0 Å². The summed E-state index contributed by atoms with van der Waals surface area (Å²) in [6.07, 6.45) is 1.81. The summed E-state index contributed by atoms with van der Waals surface area (Å²) in [6.45, 7) is 3.61. The van der Waals surface area contributed by atoms with Crippen LogP contribution in [0.1, 0.15) is 36.3 Å². The number of aryl methyl sites for hydroxylation is 1. The number of amides is 2. The van der Waals surface area contributed by atoms with Gasteiger partial charge in [0.2, 0.25) is 5.91 Å². The van der Waals surface area contributed by atoms with Crippen LogP contribution in [0.5, 0.6) is 0 Å². The van der Waals surface area contributed by atoms with E-state index in [1.54, 1.807) is 7.05 Å². The van der Waals surface area contributed by atoms with Gasteiger partial charge in [0.05, 0.1) is 0 Å². The van der Waals surface area contributed by atoms with E-state index in [1.165, 1.54) is 16.1 Å². The summed E-state index contributed by atoms with van der Waals surface area (Å²) in [5.74, 6) is 0.347. The fourth-order valence-corrected chi connectivity index (χ4v) is 3.25. The lowest BCUT2D eigenvalue weighted by Gasteiger charge is -2.23. The standard InChI is InChI=1S/C17H21N3O2/c1-12-5-3-4-6-14(12)13-9-10-20(11-13)17(22)15-7-8-16(21)19(2)18-15/h3-6,13H,7-11H2,1-2H3/t13-/m1/s1. The van der Waals surface area contributed by atoms with Gasteiger partial charge in [-0.15, -0.1) is 0 Å². The van der Waals surface area contributed by atoms with Gasteiger partial charge in [-0.05, 0) is 24.5 Å². The highest BCUT2D eigenvalue weighted by Gasteiger charge is 2.32. The zero-order valence-electron chi connectivity index (χ0n) is 13.1. The predicted octanol–water partition coefficient (Wildman–Crippen LogP) is 1.92. The van der Waals surface area contributed by atoms with Crippen LogP contribution in [0.2, 0.25) is 0 Å². The van der Waals surface area contributed by atoms with E-state index in [-0.39, 0.29) is 11.8 Å². The minimum atomic E-state index is -0.0317. The molecule has 1 atom stereocenters. The summed E-state index contributed by atoms with van der Waals surface area (Å²) in [7, 11) is 1.61. The van der Waals surface area contributed by atoms with Gasteiger partial charge in [0.1, 0.15) is 5.71 Å². The molecule has 2 aliphatic rings. The van der Waals surface area contributed by atoms with Crippen molar-refractivity contribution in [2.45, 2.75) is 32.1 Å². The highest BCUT2D eigenvalue weighted by Crippen LogP contribution is 2.29. The number of hydrazone groups is 1. The average molecular weight is 299 g/mol. The third kappa shape index (κ3) is 2.75. The van der Waals surface area contributed by atoms with E-state index in [2.05, 4.69) is 30.2 Å². The molecule has 3 rings (SSSR count). The highest BCUT2D eigenvalue weighted by molar-refractivity contribution is 6.39. The fraction of sp³-hybridized carbons (Fsp3) is 0.471. The summed E-state index contributed by atoms with van der Waals surface area (Å²) < 4.78 is 0. The molecular weight excluding hydrogens is 278 g/mol. The Labute approximate surface area is 130 Å². The summed E-state index contributed by atoms with van der Waals surface area (Å²) >= 11 is 0. The average Bonchev–Trinajstić information content (AvgIpc) is 2.99. The SMILES string of the molecule is Cc1ccccc1[C@@H]1CCN(C(=O)C2=NN(C)C(=O)CC2)C1. The Morgan fingerprint density at radius 2 is 2.05 bits per heavy atom. The highest BCUT2D eigenvalue weighted by atomic mass is 16.2. The minimum Gasteiger partial charge on any atom is -0.337 e. The Kier molecular flexibility index (Phi) is 3.96. The van der Waals surface area contributed by atoms with Gasteiger partial charge in [-0.25, -0.2) is 5.01 Å². The lowest BCUT2D eigenvalue weighted by molar-refractivity contribution is -0.130. The molecule has 1 fully saturated rings. The zero-order chi connectivity index (χ0) is 15.7. The molecule has 2 aliphatic heterocycles. The number of nitrogens with zero attached hydrogens (tertiary/aromatic N) is 3. The molecule has 1 aromatic rings. The summed E-state index contributed by atoms with van der Waals surface area (Å²) in [6, 6.07) is 8.36. The second kappa shape index (κ2) is 5.91.